The maximum Gasteiger partial charge on any atom is 0.416 e. The van der Waals surface area contributed by atoms with Crippen molar-refractivity contribution in [3.8, 4) is 0 Å². The molecule has 2 fully saturated rings. The molecule has 0 aromatic heterocycles. The molecule has 3 rings (SSSR count). The molecule has 1 N–H and O–H groups in total. The van der Waals surface area contributed by atoms with Crippen LogP contribution in [0, 0.1) is 12.8 Å². The van der Waals surface area contributed by atoms with E-state index in [1.807, 2.05) is 0 Å². The van der Waals surface area contributed by atoms with Crippen LogP contribution in [0.4, 0.5) is 13.2 Å². The van der Waals surface area contributed by atoms with Crippen molar-refractivity contribution in [3.05, 3.63) is 29.3 Å². The summed E-state index contributed by atoms with van der Waals surface area (Å²) in [5.74, 6) is 0.113. The number of hydrogen-bond donors (Lipinski definition) is 1. The lowest BCUT2D eigenvalue weighted by Gasteiger charge is -2.45. The molecule has 2 aliphatic rings. The zero-order valence-electron chi connectivity index (χ0n) is 11.9. The summed E-state index contributed by atoms with van der Waals surface area (Å²) in [6, 6.07) is 2.69. The molecule has 4 nitrogen and oxygen atoms in total. The number of halogens is 3. The van der Waals surface area contributed by atoms with Gasteiger partial charge in [0.05, 0.1) is 16.1 Å². The Morgan fingerprint density at radius 1 is 1.27 bits per heavy atom. The highest BCUT2D eigenvalue weighted by Gasteiger charge is 2.55. The Morgan fingerprint density at radius 2 is 1.86 bits per heavy atom. The van der Waals surface area contributed by atoms with Crippen molar-refractivity contribution in [2.24, 2.45) is 5.92 Å². The summed E-state index contributed by atoms with van der Waals surface area (Å²) < 4.78 is 64.4. The van der Waals surface area contributed by atoms with Crippen molar-refractivity contribution in [2.45, 2.75) is 36.4 Å². The Labute approximate surface area is 126 Å². The Morgan fingerprint density at radius 3 is 2.36 bits per heavy atom. The van der Waals surface area contributed by atoms with E-state index >= 15 is 0 Å². The first kappa shape index (κ1) is 15.8. The Kier molecular flexibility index (Phi) is 3.36. The monoisotopic (exact) mass is 335 g/mol. The number of β-amino-alcohol motifs (C(OH)–C–C–N with tert-alkyl or cyclic N) is 1. The molecule has 0 amide bonds. The van der Waals surface area contributed by atoms with E-state index in [1.165, 1.54) is 6.92 Å². The minimum absolute atomic E-state index is 0.0459. The van der Waals surface area contributed by atoms with Crippen molar-refractivity contribution >= 4 is 10.0 Å². The van der Waals surface area contributed by atoms with E-state index < -0.39 is 27.4 Å². The van der Waals surface area contributed by atoms with Crippen LogP contribution in [0.15, 0.2) is 23.1 Å². The van der Waals surface area contributed by atoms with Crippen LogP contribution in [0.2, 0.25) is 0 Å². The zero-order chi connectivity index (χ0) is 16.3. The predicted octanol–water partition coefficient (Wildman–Crippen LogP) is 2.16. The highest BCUT2D eigenvalue weighted by Crippen LogP contribution is 2.46. The average molecular weight is 335 g/mol. The molecule has 1 saturated heterocycles. The largest absolute Gasteiger partial charge is 0.416 e. The summed E-state index contributed by atoms with van der Waals surface area (Å²) in [5.41, 5.74) is -1.74. The molecule has 1 aliphatic heterocycles. The van der Waals surface area contributed by atoms with Crippen LogP contribution >= 0.6 is 0 Å². The summed E-state index contributed by atoms with van der Waals surface area (Å²) in [4.78, 5) is -0.347. The number of aliphatic hydroxyl groups is 1. The number of nitrogens with zero attached hydrogens (tertiary/aromatic N) is 1. The van der Waals surface area contributed by atoms with Crippen molar-refractivity contribution in [1.29, 1.82) is 0 Å². The molecule has 8 heteroatoms. The van der Waals surface area contributed by atoms with Gasteiger partial charge in [-0.15, -0.1) is 0 Å². The van der Waals surface area contributed by atoms with Gasteiger partial charge in [-0.3, -0.25) is 0 Å². The zero-order valence-corrected chi connectivity index (χ0v) is 12.7. The Balaban J connectivity index is 1.90. The van der Waals surface area contributed by atoms with Gasteiger partial charge in [-0.1, -0.05) is 6.07 Å². The summed E-state index contributed by atoms with van der Waals surface area (Å²) in [6.45, 7) is 1.37. The summed E-state index contributed by atoms with van der Waals surface area (Å²) in [5, 5.41) is 10.2. The van der Waals surface area contributed by atoms with Gasteiger partial charge in [0.2, 0.25) is 10.0 Å². The van der Waals surface area contributed by atoms with Crippen molar-refractivity contribution < 1.29 is 26.7 Å². The van der Waals surface area contributed by atoms with E-state index in [-0.39, 0.29) is 29.5 Å². The van der Waals surface area contributed by atoms with Gasteiger partial charge in [0, 0.05) is 13.1 Å². The van der Waals surface area contributed by atoms with Gasteiger partial charge in [0.15, 0.2) is 0 Å². The highest BCUT2D eigenvalue weighted by atomic mass is 32.2. The molecule has 1 aromatic carbocycles. The van der Waals surface area contributed by atoms with E-state index in [2.05, 4.69) is 0 Å². The molecule has 0 spiro atoms. The van der Waals surface area contributed by atoms with Crippen molar-refractivity contribution in [3.63, 3.8) is 0 Å². The van der Waals surface area contributed by atoms with Crippen LogP contribution in [-0.4, -0.2) is 36.5 Å². The number of benzene rings is 1. The topological polar surface area (TPSA) is 57.6 Å². The third kappa shape index (κ3) is 2.53. The van der Waals surface area contributed by atoms with Gasteiger partial charge in [0.1, 0.15) is 0 Å². The molecule has 0 unspecified atom stereocenters. The van der Waals surface area contributed by atoms with Gasteiger partial charge < -0.3 is 5.11 Å². The fourth-order valence-corrected chi connectivity index (χ4v) is 4.62. The maximum absolute atomic E-state index is 12.8. The van der Waals surface area contributed by atoms with Crippen LogP contribution in [0.3, 0.4) is 0 Å². The van der Waals surface area contributed by atoms with Gasteiger partial charge in [-0.05, 0) is 43.4 Å². The molecule has 1 heterocycles. The first-order chi connectivity index (χ1) is 10.0. The third-order valence-electron chi connectivity index (χ3n) is 4.37. The molecule has 22 heavy (non-hydrogen) atoms. The number of alkyl halides is 3. The molecular weight excluding hydrogens is 319 g/mol. The first-order valence-corrected chi connectivity index (χ1v) is 8.38. The predicted molar refractivity (Wildman–Crippen MR) is 72.6 cm³/mol. The van der Waals surface area contributed by atoms with E-state index in [9.17, 15) is 26.7 Å². The molecule has 122 valence electrons. The molecule has 0 atom stereocenters. The summed E-state index contributed by atoms with van der Waals surface area (Å²) in [7, 11) is -4.02. The van der Waals surface area contributed by atoms with Crippen LogP contribution in [0.25, 0.3) is 0 Å². The maximum atomic E-state index is 12.8. The SMILES string of the molecule is Cc1ccc(C(F)(F)F)cc1S(=O)(=O)N1CC(O)(C2CC2)C1. The van der Waals surface area contributed by atoms with Crippen molar-refractivity contribution in [2.75, 3.05) is 13.1 Å². The second-order valence-electron chi connectivity index (χ2n) is 6.13. The fraction of sp³-hybridized carbons (Fsp3) is 0.571. The van der Waals surface area contributed by atoms with Gasteiger partial charge in [-0.25, -0.2) is 8.42 Å². The number of rotatable bonds is 3. The number of hydrogen-bond acceptors (Lipinski definition) is 3. The van der Waals surface area contributed by atoms with Crippen LogP contribution in [0.1, 0.15) is 24.0 Å². The second-order valence-corrected chi connectivity index (χ2v) is 8.04. The molecule has 1 saturated carbocycles. The van der Waals surface area contributed by atoms with E-state index in [1.54, 1.807) is 0 Å². The van der Waals surface area contributed by atoms with E-state index in [4.69, 9.17) is 0 Å². The molecule has 0 radical (unpaired) electrons. The number of aryl methyl sites for hydroxylation is 1. The lowest BCUT2D eigenvalue weighted by molar-refractivity contribution is -0.137. The molecule has 1 aliphatic carbocycles. The normalized spacial score (nSPS) is 22.4. The fourth-order valence-electron chi connectivity index (χ4n) is 2.81. The van der Waals surface area contributed by atoms with E-state index in [0.29, 0.717) is 6.07 Å². The van der Waals surface area contributed by atoms with Crippen LogP contribution in [-0.2, 0) is 16.2 Å². The minimum atomic E-state index is -4.60. The van der Waals surface area contributed by atoms with Gasteiger partial charge >= 0.3 is 6.18 Å². The lowest BCUT2D eigenvalue weighted by atomic mass is 9.91. The molecule has 1 aromatic rings. The lowest BCUT2D eigenvalue weighted by Crippen LogP contribution is -2.64. The van der Waals surface area contributed by atoms with Gasteiger partial charge in [-0.2, -0.15) is 17.5 Å². The summed E-state index contributed by atoms with van der Waals surface area (Å²) in [6.07, 6.45) is -2.86. The van der Waals surface area contributed by atoms with Crippen LogP contribution in [0.5, 0.6) is 0 Å². The highest BCUT2D eigenvalue weighted by molar-refractivity contribution is 7.89. The summed E-state index contributed by atoms with van der Waals surface area (Å²) >= 11 is 0. The third-order valence-corrected chi connectivity index (χ3v) is 6.30. The van der Waals surface area contributed by atoms with Crippen molar-refractivity contribution in [1.82, 2.24) is 4.31 Å². The molecular formula is C14H16F3NO3S. The quantitative estimate of drug-likeness (QED) is 0.921. The van der Waals surface area contributed by atoms with Crippen LogP contribution < -0.4 is 0 Å². The smallest absolute Gasteiger partial charge is 0.387 e. The van der Waals surface area contributed by atoms with E-state index in [0.717, 1.165) is 29.3 Å². The Hall–Kier alpha value is -1.12. The second kappa shape index (κ2) is 4.69. The standard InChI is InChI=1S/C14H16F3NO3S/c1-9-2-3-11(14(15,16)17)6-12(9)22(20,21)18-7-13(19,8-18)10-4-5-10/h2-3,6,10,19H,4-5,7-8H2,1H3. The minimum Gasteiger partial charge on any atom is -0.387 e. The first-order valence-electron chi connectivity index (χ1n) is 6.94. The number of sulfonamides is 1. The molecule has 0 bridgehead atoms. The average Bonchev–Trinajstić information content (AvgIpc) is 3.18. The van der Waals surface area contributed by atoms with Gasteiger partial charge in [0.25, 0.3) is 0 Å². The Bertz CT molecular complexity index is 705.